The second kappa shape index (κ2) is 7.75. The van der Waals surface area contributed by atoms with Gasteiger partial charge in [-0.2, -0.15) is 0 Å². The van der Waals surface area contributed by atoms with E-state index in [1.165, 1.54) is 24.3 Å². The molecule has 0 amide bonds. The summed E-state index contributed by atoms with van der Waals surface area (Å²) in [6, 6.07) is 13.6. The largest absolute Gasteiger partial charge is 0.456 e. The number of aromatic nitrogens is 1. The van der Waals surface area contributed by atoms with E-state index in [9.17, 15) is 14.4 Å². The van der Waals surface area contributed by atoms with Crippen LogP contribution in [-0.2, 0) is 4.74 Å². The van der Waals surface area contributed by atoms with Crippen molar-refractivity contribution in [1.82, 2.24) is 4.98 Å². The fraction of sp³-hybridized carbons (Fsp3) is 0.174. The van der Waals surface area contributed by atoms with Gasteiger partial charge in [-0.3, -0.25) is 9.59 Å². The first-order chi connectivity index (χ1) is 13.7. The van der Waals surface area contributed by atoms with Gasteiger partial charge in [-0.1, -0.05) is 24.3 Å². The molecule has 6 nitrogen and oxygen atoms in total. The standard InChI is InChI=1S/C23H22N2O4/c1-23(2,3)29-22(28)17-9-8-14(13-26)10-16(17)12-19(24)18-11-15-6-4-5-7-20(15)25-21(18)27/h4-13H,24H2,1-3H3,(H,25,27)/b19-12-. The van der Waals surface area contributed by atoms with Gasteiger partial charge in [0.25, 0.3) is 5.56 Å². The topological polar surface area (TPSA) is 102 Å². The molecule has 0 bridgehead atoms. The first-order valence-electron chi connectivity index (χ1n) is 9.10. The first kappa shape index (κ1) is 20.1. The minimum atomic E-state index is -0.678. The van der Waals surface area contributed by atoms with Gasteiger partial charge >= 0.3 is 5.97 Å². The van der Waals surface area contributed by atoms with E-state index in [4.69, 9.17) is 10.5 Å². The van der Waals surface area contributed by atoms with Crippen LogP contribution >= 0.6 is 0 Å². The number of nitrogens with one attached hydrogen (secondary N) is 1. The molecule has 0 aliphatic rings. The Hall–Kier alpha value is -3.67. The predicted octanol–water partition coefficient (Wildman–Crippen LogP) is 3.75. The Balaban J connectivity index is 2.11. The molecule has 0 aliphatic carbocycles. The smallest absolute Gasteiger partial charge is 0.339 e. The molecule has 3 rings (SSSR count). The number of hydrogen-bond acceptors (Lipinski definition) is 5. The van der Waals surface area contributed by atoms with Crippen LogP contribution in [0, 0.1) is 0 Å². The Kier molecular flexibility index (Phi) is 5.37. The number of carbonyl (C=O) groups is 2. The number of ether oxygens (including phenoxy) is 1. The van der Waals surface area contributed by atoms with Crippen LogP contribution in [0.1, 0.15) is 52.6 Å². The molecule has 3 aromatic rings. The van der Waals surface area contributed by atoms with Gasteiger partial charge in [-0.05, 0) is 62.1 Å². The summed E-state index contributed by atoms with van der Waals surface area (Å²) in [4.78, 5) is 39.1. The average molecular weight is 390 g/mol. The van der Waals surface area contributed by atoms with E-state index < -0.39 is 11.6 Å². The van der Waals surface area contributed by atoms with Gasteiger partial charge in [0.15, 0.2) is 0 Å². The number of para-hydroxylation sites is 1. The van der Waals surface area contributed by atoms with Gasteiger partial charge in [0.1, 0.15) is 11.9 Å². The minimum Gasteiger partial charge on any atom is -0.456 e. The zero-order chi connectivity index (χ0) is 21.2. The van der Waals surface area contributed by atoms with Crippen molar-refractivity contribution in [3.63, 3.8) is 0 Å². The summed E-state index contributed by atoms with van der Waals surface area (Å²) in [6.07, 6.45) is 2.18. The molecule has 3 N–H and O–H groups in total. The number of benzene rings is 2. The van der Waals surface area contributed by atoms with E-state index in [-0.39, 0.29) is 22.4 Å². The Bertz CT molecular complexity index is 1180. The summed E-state index contributed by atoms with van der Waals surface area (Å²) in [5.74, 6) is -0.540. The third-order valence-corrected chi connectivity index (χ3v) is 4.21. The molecular weight excluding hydrogens is 368 g/mol. The highest BCUT2D eigenvalue weighted by atomic mass is 16.6. The third kappa shape index (κ3) is 4.60. The number of aldehydes is 1. The molecule has 0 saturated heterocycles. The molecule has 0 saturated carbocycles. The summed E-state index contributed by atoms with van der Waals surface area (Å²) in [5, 5.41) is 0.826. The van der Waals surface area contributed by atoms with Gasteiger partial charge < -0.3 is 15.5 Å². The van der Waals surface area contributed by atoms with Gasteiger partial charge in [0.05, 0.1) is 11.1 Å². The molecule has 29 heavy (non-hydrogen) atoms. The van der Waals surface area contributed by atoms with Gasteiger partial charge in [0.2, 0.25) is 0 Å². The van der Waals surface area contributed by atoms with Crippen LogP contribution < -0.4 is 11.3 Å². The summed E-state index contributed by atoms with van der Waals surface area (Å²) in [7, 11) is 0. The molecule has 1 heterocycles. The number of hydrogen-bond donors (Lipinski definition) is 2. The van der Waals surface area contributed by atoms with Gasteiger partial charge in [-0.25, -0.2) is 4.79 Å². The number of pyridine rings is 1. The van der Waals surface area contributed by atoms with Crippen LogP contribution in [0.5, 0.6) is 0 Å². The van der Waals surface area contributed by atoms with E-state index in [2.05, 4.69) is 4.98 Å². The van der Waals surface area contributed by atoms with Crippen molar-refractivity contribution in [2.45, 2.75) is 26.4 Å². The van der Waals surface area contributed by atoms with E-state index in [0.29, 0.717) is 22.9 Å². The lowest BCUT2D eigenvalue weighted by atomic mass is 10.0. The van der Waals surface area contributed by atoms with E-state index >= 15 is 0 Å². The van der Waals surface area contributed by atoms with Gasteiger partial charge in [0, 0.05) is 16.8 Å². The number of nitrogens with two attached hydrogens (primary N) is 1. The molecule has 0 radical (unpaired) electrons. The van der Waals surface area contributed by atoms with Crippen molar-refractivity contribution < 1.29 is 14.3 Å². The normalized spacial score (nSPS) is 12.0. The molecule has 2 aromatic carbocycles. The number of rotatable bonds is 4. The van der Waals surface area contributed by atoms with Crippen molar-refractivity contribution in [3.05, 3.63) is 81.1 Å². The van der Waals surface area contributed by atoms with Crippen LogP contribution in [-0.4, -0.2) is 22.8 Å². The molecule has 0 fully saturated rings. The van der Waals surface area contributed by atoms with Crippen LogP contribution in [0.4, 0.5) is 0 Å². The van der Waals surface area contributed by atoms with E-state index in [1.807, 2.05) is 18.2 Å². The quantitative estimate of drug-likeness (QED) is 0.522. The molecular formula is C23H22N2O4. The lowest BCUT2D eigenvalue weighted by molar-refractivity contribution is 0.00692. The highest BCUT2D eigenvalue weighted by Gasteiger charge is 2.20. The third-order valence-electron chi connectivity index (χ3n) is 4.21. The van der Waals surface area contributed by atoms with Crippen LogP contribution in [0.2, 0.25) is 0 Å². The summed E-state index contributed by atoms with van der Waals surface area (Å²) in [6.45, 7) is 5.30. The average Bonchev–Trinajstić information content (AvgIpc) is 2.65. The zero-order valence-electron chi connectivity index (χ0n) is 16.5. The lowest BCUT2D eigenvalue weighted by Gasteiger charge is -2.20. The predicted molar refractivity (Wildman–Crippen MR) is 114 cm³/mol. The number of esters is 1. The maximum absolute atomic E-state index is 12.6. The Labute approximate surface area is 168 Å². The highest BCUT2D eigenvalue weighted by molar-refractivity contribution is 5.98. The summed E-state index contributed by atoms with van der Waals surface area (Å²) in [5.41, 5.74) is 7.36. The Morgan fingerprint density at radius 2 is 1.79 bits per heavy atom. The SMILES string of the molecule is CC(C)(C)OC(=O)c1ccc(C=O)cc1/C=C(\N)c1cc2ccccc2[nH]c1=O. The first-order valence-corrected chi connectivity index (χ1v) is 9.10. The number of H-pyrrole nitrogens is 1. The molecule has 0 atom stereocenters. The van der Waals surface area contributed by atoms with E-state index in [1.54, 1.807) is 32.9 Å². The molecule has 6 heteroatoms. The van der Waals surface area contributed by atoms with Crippen molar-refractivity contribution in [2.75, 3.05) is 0 Å². The minimum absolute atomic E-state index is 0.171. The Morgan fingerprint density at radius 1 is 1.07 bits per heavy atom. The fourth-order valence-corrected chi connectivity index (χ4v) is 2.90. The maximum Gasteiger partial charge on any atom is 0.339 e. The Morgan fingerprint density at radius 3 is 2.48 bits per heavy atom. The zero-order valence-corrected chi connectivity index (χ0v) is 16.5. The highest BCUT2D eigenvalue weighted by Crippen LogP contribution is 2.21. The summed E-state index contributed by atoms with van der Waals surface area (Å²) >= 11 is 0. The maximum atomic E-state index is 12.6. The van der Waals surface area contributed by atoms with Crippen molar-refractivity contribution in [2.24, 2.45) is 5.73 Å². The van der Waals surface area contributed by atoms with E-state index in [0.717, 1.165) is 5.39 Å². The molecule has 0 unspecified atom stereocenters. The van der Waals surface area contributed by atoms with Crippen LogP contribution in [0.25, 0.3) is 22.7 Å². The van der Waals surface area contributed by atoms with Crippen LogP contribution in [0.3, 0.4) is 0 Å². The second-order valence-corrected chi connectivity index (χ2v) is 7.67. The molecule has 0 spiro atoms. The monoisotopic (exact) mass is 390 g/mol. The second-order valence-electron chi connectivity index (χ2n) is 7.67. The lowest BCUT2D eigenvalue weighted by Crippen LogP contribution is -2.24. The molecule has 148 valence electrons. The molecule has 1 aromatic heterocycles. The van der Waals surface area contributed by atoms with Crippen molar-refractivity contribution >= 4 is 34.9 Å². The van der Waals surface area contributed by atoms with Crippen LogP contribution in [0.15, 0.2) is 53.3 Å². The fourth-order valence-electron chi connectivity index (χ4n) is 2.90. The number of fused-ring (bicyclic) bond motifs is 1. The van der Waals surface area contributed by atoms with Gasteiger partial charge in [-0.15, -0.1) is 0 Å². The number of aromatic amines is 1. The summed E-state index contributed by atoms with van der Waals surface area (Å²) < 4.78 is 5.44. The van der Waals surface area contributed by atoms with Crippen molar-refractivity contribution in [1.29, 1.82) is 0 Å². The molecule has 0 aliphatic heterocycles. The van der Waals surface area contributed by atoms with Crippen molar-refractivity contribution in [3.8, 4) is 0 Å². The number of carbonyl (C=O) groups excluding carboxylic acids is 2.